The van der Waals surface area contributed by atoms with E-state index in [1.165, 1.54) is 5.56 Å². The Bertz CT molecular complexity index is 301. The van der Waals surface area contributed by atoms with Gasteiger partial charge in [-0.25, -0.2) is 0 Å². The van der Waals surface area contributed by atoms with Crippen LogP contribution in [-0.2, 0) is 0 Å². The molecule has 1 aromatic rings. The van der Waals surface area contributed by atoms with Crippen molar-refractivity contribution in [2.24, 2.45) is 0 Å². The predicted octanol–water partition coefficient (Wildman–Crippen LogP) is 3.26. The number of hydrogen-bond acceptors (Lipinski definition) is 2. The van der Waals surface area contributed by atoms with Crippen LogP contribution in [0.1, 0.15) is 31.2 Å². The summed E-state index contributed by atoms with van der Waals surface area (Å²) in [6.45, 7) is 0.308. The van der Waals surface area contributed by atoms with Gasteiger partial charge in [-0.15, -0.1) is 0 Å². The first-order valence-corrected chi connectivity index (χ1v) is 5.78. The lowest BCUT2D eigenvalue weighted by atomic mass is 10.1. The van der Waals surface area contributed by atoms with E-state index in [1.807, 2.05) is 24.3 Å². The summed E-state index contributed by atoms with van der Waals surface area (Å²) in [7, 11) is 1.67. The maximum Gasteiger partial charge on any atom is 0.118 e. The highest BCUT2D eigenvalue weighted by molar-refractivity contribution is 5.50. The van der Waals surface area contributed by atoms with Gasteiger partial charge in [-0.3, -0.25) is 0 Å². The molecule has 1 aromatic carbocycles. The quantitative estimate of drug-likeness (QED) is 0.715. The molecular weight excluding hydrogens is 200 g/mol. The van der Waals surface area contributed by atoms with E-state index < -0.39 is 0 Å². The second kappa shape index (κ2) is 7.94. The molecule has 0 atom stereocenters. The van der Waals surface area contributed by atoms with Crippen molar-refractivity contribution in [3.63, 3.8) is 0 Å². The number of methoxy groups -OCH3 is 1. The maximum atomic E-state index is 8.62. The molecule has 0 aliphatic carbocycles. The van der Waals surface area contributed by atoms with E-state index >= 15 is 0 Å². The Kier molecular flexibility index (Phi) is 6.35. The third kappa shape index (κ3) is 4.99. The van der Waals surface area contributed by atoms with Gasteiger partial charge >= 0.3 is 0 Å². The summed E-state index contributed by atoms with van der Waals surface area (Å²) in [4.78, 5) is 0. The van der Waals surface area contributed by atoms with Gasteiger partial charge in [-0.2, -0.15) is 0 Å². The zero-order valence-corrected chi connectivity index (χ0v) is 9.86. The van der Waals surface area contributed by atoms with Crippen molar-refractivity contribution in [2.45, 2.75) is 25.7 Å². The van der Waals surface area contributed by atoms with Crippen molar-refractivity contribution in [3.8, 4) is 5.75 Å². The smallest absolute Gasteiger partial charge is 0.118 e. The molecule has 0 bridgehead atoms. The first-order chi connectivity index (χ1) is 7.86. The molecule has 0 fully saturated rings. The molecule has 0 radical (unpaired) electrons. The van der Waals surface area contributed by atoms with E-state index in [2.05, 4.69) is 12.2 Å². The number of aliphatic hydroxyl groups is 1. The normalized spacial score (nSPS) is 10.9. The van der Waals surface area contributed by atoms with Gasteiger partial charge in [-0.05, 0) is 37.0 Å². The van der Waals surface area contributed by atoms with E-state index in [9.17, 15) is 0 Å². The average molecular weight is 220 g/mol. The molecule has 0 aliphatic rings. The lowest BCUT2D eigenvalue weighted by Crippen LogP contribution is -1.82. The van der Waals surface area contributed by atoms with Gasteiger partial charge in [0.2, 0.25) is 0 Å². The summed E-state index contributed by atoms with van der Waals surface area (Å²) in [5.74, 6) is 0.889. The summed E-state index contributed by atoms with van der Waals surface area (Å²) in [5, 5.41) is 8.62. The zero-order chi connectivity index (χ0) is 11.6. The molecule has 0 unspecified atom stereocenters. The van der Waals surface area contributed by atoms with Crippen LogP contribution in [0, 0.1) is 0 Å². The van der Waals surface area contributed by atoms with Gasteiger partial charge in [0.1, 0.15) is 5.75 Å². The monoisotopic (exact) mass is 220 g/mol. The SMILES string of the molecule is COc1ccc(C=CCCCCCO)cc1. The van der Waals surface area contributed by atoms with E-state index in [-0.39, 0.29) is 0 Å². The summed E-state index contributed by atoms with van der Waals surface area (Å²) >= 11 is 0. The fourth-order valence-corrected chi connectivity index (χ4v) is 1.49. The van der Waals surface area contributed by atoms with Gasteiger partial charge in [0.05, 0.1) is 7.11 Å². The summed E-state index contributed by atoms with van der Waals surface area (Å²) in [6, 6.07) is 8.02. The molecule has 0 aliphatic heterocycles. The molecular formula is C14H20O2. The Hall–Kier alpha value is -1.28. The van der Waals surface area contributed by atoms with Crippen molar-refractivity contribution in [3.05, 3.63) is 35.9 Å². The highest BCUT2D eigenvalue weighted by Gasteiger charge is 1.90. The van der Waals surface area contributed by atoms with Crippen LogP contribution in [0.2, 0.25) is 0 Å². The van der Waals surface area contributed by atoms with Crippen LogP contribution in [0.15, 0.2) is 30.3 Å². The Balaban J connectivity index is 2.27. The van der Waals surface area contributed by atoms with Gasteiger partial charge in [0.25, 0.3) is 0 Å². The second-order valence-corrected chi connectivity index (χ2v) is 3.75. The molecule has 0 amide bonds. The molecule has 2 nitrogen and oxygen atoms in total. The molecule has 16 heavy (non-hydrogen) atoms. The predicted molar refractivity (Wildman–Crippen MR) is 67.6 cm³/mol. The van der Waals surface area contributed by atoms with Gasteiger partial charge in [0.15, 0.2) is 0 Å². The molecule has 0 saturated carbocycles. The molecule has 1 rings (SSSR count). The van der Waals surface area contributed by atoms with Crippen molar-refractivity contribution in [2.75, 3.05) is 13.7 Å². The fraction of sp³-hybridized carbons (Fsp3) is 0.429. The third-order valence-electron chi connectivity index (χ3n) is 2.46. The maximum absolute atomic E-state index is 8.62. The minimum atomic E-state index is 0.308. The molecule has 1 N–H and O–H groups in total. The van der Waals surface area contributed by atoms with Crippen LogP contribution >= 0.6 is 0 Å². The van der Waals surface area contributed by atoms with Crippen LogP contribution in [-0.4, -0.2) is 18.8 Å². The Morgan fingerprint density at radius 1 is 1.12 bits per heavy atom. The minimum absolute atomic E-state index is 0.308. The molecule has 2 heteroatoms. The topological polar surface area (TPSA) is 29.5 Å². The highest BCUT2D eigenvalue weighted by Crippen LogP contribution is 2.12. The van der Waals surface area contributed by atoms with Crippen LogP contribution < -0.4 is 4.74 Å². The van der Waals surface area contributed by atoms with Gasteiger partial charge in [0, 0.05) is 6.61 Å². The van der Waals surface area contributed by atoms with E-state index in [4.69, 9.17) is 9.84 Å². The molecule has 0 aromatic heterocycles. The lowest BCUT2D eigenvalue weighted by molar-refractivity contribution is 0.283. The molecule has 0 heterocycles. The average Bonchev–Trinajstić information content (AvgIpc) is 2.34. The number of rotatable bonds is 7. The van der Waals surface area contributed by atoms with Crippen molar-refractivity contribution < 1.29 is 9.84 Å². The van der Waals surface area contributed by atoms with Crippen LogP contribution in [0.3, 0.4) is 0 Å². The van der Waals surface area contributed by atoms with Crippen molar-refractivity contribution >= 4 is 6.08 Å². The van der Waals surface area contributed by atoms with Gasteiger partial charge in [-0.1, -0.05) is 30.7 Å². The molecule has 88 valence electrons. The first kappa shape index (κ1) is 12.8. The van der Waals surface area contributed by atoms with Crippen LogP contribution in [0.5, 0.6) is 5.75 Å². The minimum Gasteiger partial charge on any atom is -0.497 e. The second-order valence-electron chi connectivity index (χ2n) is 3.75. The van der Waals surface area contributed by atoms with Crippen molar-refractivity contribution in [1.29, 1.82) is 0 Å². The standard InChI is InChI=1S/C14H20O2/c1-16-14-10-8-13(9-11-14)7-5-3-2-4-6-12-15/h5,7-11,15H,2-4,6,12H2,1H3. The number of unbranched alkanes of at least 4 members (excludes halogenated alkanes) is 3. The lowest BCUT2D eigenvalue weighted by Gasteiger charge is -1.99. The zero-order valence-electron chi connectivity index (χ0n) is 9.86. The largest absolute Gasteiger partial charge is 0.497 e. The number of hydrogen-bond donors (Lipinski definition) is 1. The number of allylic oxidation sites excluding steroid dienone is 1. The fourth-order valence-electron chi connectivity index (χ4n) is 1.49. The number of benzene rings is 1. The van der Waals surface area contributed by atoms with Crippen LogP contribution in [0.4, 0.5) is 0 Å². The summed E-state index contributed by atoms with van der Waals surface area (Å²) in [6.07, 6.45) is 8.54. The first-order valence-electron chi connectivity index (χ1n) is 5.78. The molecule has 0 spiro atoms. The van der Waals surface area contributed by atoms with Crippen molar-refractivity contribution in [1.82, 2.24) is 0 Å². The Labute approximate surface area is 97.6 Å². The number of ether oxygens (including phenoxy) is 1. The Morgan fingerprint density at radius 3 is 2.50 bits per heavy atom. The Morgan fingerprint density at radius 2 is 1.88 bits per heavy atom. The number of aliphatic hydroxyl groups excluding tert-OH is 1. The molecule has 0 saturated heterocycles. The third-order valence-corrected chi connectivity index (χ3v) is 2.46. The summed E-state index contributed by atoms with van der Waals surface area (Å²) < 4.78 is 5.09. The van der Waals surface area contributed by atoms with E-state index in [0.717, 1.165) is 31.4 Å². The van der Waals surface area contributed by atoms with E-state index in [1.54, 1.807) is 7.11 Å². The highest BCUT2D eigenvalue weighted by atomic mass is 16.5. The summed E-state index contributed by atoms with van der Waals surface area (Å²) in [5.41, 5.74) is 1.20. The van der Waals surface area contributed by atoms with Crippen LogP contribution in [0.25, 0.3) is 6.08 Å². The van der Waals surface area contributed by atoms with Gasteiger partial charge < -0.3 is 9.84 Å². The van der Waals surface area contributed by atoms with E-state index in [0.29, 0.717) is 6.61 Å².